The van der Waals surface area contributed by atoms with Gasteiger partial charge in [-0.2, -0.15) is 0 Å². The molecule has 2 rings (SSSR count). The van der Waals surface area contributed by atoms with Gasteiger partial charge in [0.2, 0.25) is 0 Å². The predicted molar refractivity (Wildman–Crippen MR) is 69.7 cm³/mol. The van der Waals surface area contributed by atoms with Gasteiger partial charge in [0, 0.05) is 6.54 Å². The van der Waals surface area contributed by atoms with Gasteiger partial charge in [0.1, 0.15) is 0 Å². The van der Waals surface area contributed by atoms with E-state index < -0.39 is 0 Å². The minimum atomic E-state index is 0.881. The van der Waals surface area contributed by atoms with Crippen molar-refractivity contribution >= 4 is 0 Å². The minimum Gasteiger partial charge on any atom is -0.299 e. The zero-order valence-electron chi connectivity index (χ0n) is 10.6. The number of benzene rings is 1. The Hall–Kier alpha value is -0.820. The number of hydrogen-bond acceptors (Lipinski definition) is 1. The van der Waals surface area contributed by atoms with E-state index in [1.54, 1.807) is 5.56 Å². The van der Waals surface area contributed by atoms with Gasteiger partial charge in [-0.05, 0) is 49.4 Å². The van der Waals surface area contributed by atoms with Gasteiger partial charge in [0.05, 0.1) is 0 Å². The molecule has 0 aliphatic heterocycles. The molecule has 1 nitrogen and oxygen atoms in total. The normalized spacial score (nSPS) is 15.7. The lowest BCUT2D eigenvalue weighted by Crippen LogP contribution is -2.23. The fraction of sp³-hybridized carbons (Fsp3) is 0.600. The fourth-order valence-corrected chi connectivity index (χ4v) is 2.24. The summed E-state index contributed by atoms with van der Waals surface area (Å²) in [5.74, 6) is 0.881. The molecule has 0 atom stereocenters. The summed E-state index contributed by atoms with van der Waals surface area (Å²) in [5.41, 5.74) is 3.00. The van der Waals surface area contributed by atoms with E-state index >= 15 is 0 Å². The van der Waals surface area contributed by atoms with Crippen molar-refractivity contribution in [2.24, 2.45) is 0 Å². The molecule has 0 saturated heterocycles. The third-order valence-electron chi connectivity index (χ3n) is 3.42. The van der Waals surface area contributed by atoms with Crippen molar-refractivity contribution < 1.29 is 0 Å². The molecule has 0 radical (unpaired) electrons. The van der Waals surface area contributed by atoms with Gasteiger partial charge >= 0.3 is 0 Å². The Balaban J connectivity index is 1.92. The van der Waals surface area contributed by atoms with Crippen LogP contribution in [0.15, 0.2) is 24.3 Å². The van der Waals surface area contributed by atoms with Crippen molar-refractivity contribution in [1.82, 2.24) is 4.90 Å². The summed E-state index contributed by atoms with van der Waals surface area (Å²) in [4.78, 5) is 2.51. The molecule has 0 N–H and O–H groups in total. The van der Waals surface area contributed by atoms with Crippen LogP contribution in [0.4, 0.5) is 0 Å². The van der Waals surface area contributed by atoms with Gasteiger partial charge in [-0.1, -0.05) is 38.1 Å². The van der Waals surface area contributed by atoms with Crippen molar-refractivity contribution in [3.8, 4) is 0 Å². The van der Waals surface area contributed by atoms with Crippen LogP contribution in [0, 0.1) is 0 Å². The average Bonchev–Trinajstić information content (AvgIpc) is 3.13. The second-order valence-electron chi connectivity index (χ2n) is 4.88. The minimum absolute atomic E-state index is 0.881. The first-order valence-corrected chi connectivity index (χ1v) is 6.64. The van der Waals surface area contributed by atoms with Crippen molar-refractivity contribution in [2.75, 3.05) is 13.1 Å². The molecule has 0 unspecified atom stereocenters. The molecule has 16 heavy (non-hydrogen) atoms. The average molecular weight is 217 g/mol. The van der Waals surface area contributed by atoms with E-state index in [4.69, 9.17) is 0 Å². The van der Waals surface area contributed by atoms with E-state index in [1.165, 1.54) is 31.4 Å². The van der Waals surface area contributed by atoms with Gasteiger partial charge in [0.15, 0.2) is 0 Å². The number of hydrogen-bond donors (Lipinski definition) is 0. The Morgan fingerprint density at radius 1 is 1.12 bits per heavy atom. The molecule has 0 aromatic heterocycles. The van der Waals surface area contributed by atoms with Crippen LogP contribution in [-0.2, 0) is 6.54 Å². The lowest BCUT2D eigenvalue weighted by atomic mass is 10.1. The van der Waals surface area contributed by atoms with Crippen LogP contribution in [0.5, 0.6) is 0 Å². The van der Waals surface area contributed by atoms with E-state index in [9.17, 15) is 0 Å². The third-order valence-corrected chi connectivity index (χ3v) is 3.42. The van der Waals surface area contributed by atoms with Crippen molar-refractivity contribution in [1.29, 1.82) is 0 Å². The maximum Gasteiger partial charge on any atom is 0.0233 e. The molecule has 1 fully saturated rings. The molecular formula is C15H23N. The molecule has 1 aliphatic carbocycles. The monoisotopic (exact) mass is 217 g/mol. The van der Waals surface area contributed by atoms with E-state index in [0.717, 1.165) is 19.0 Å². The molecule has 1 heteroatoms. The highest BCUT2D eigenvalue weighted by molar-refractivity contribution is 5.27. The van der Waals surface area contributed by atoms with E-state index in [2.05, 4.69) is 43.0 Å². The first-order chi connectivity index (χ1) is 7.83. The van der Waals surface area contributed by atoms with Crippen LogP contribution in [0.25, 0.3) is 0 Å². The van der Waals surface area contributed by atoms with Crippen molar-refractivity contribution in [2.45, 2.75) is 45.6 Å². The summed E-state index contributed by atoms with van der Waals surface area (Å²) >= 11 is 0. The van der Waals surface area contributed by atoms with Crippen molar-refractivity contribution in [3.63, 3.8) is 0 Å². The summed E-state index contributed by atoms with van der Waals surface area (Å²) in [7, 11) is 0. The molecule has 0 amide bonds. The standard InChI is InChI=1S/C15H23N/c1-3-11-16(4-2)12-13-5-7-14(8-6-13)15-9-10-15/h5-8,15H,3-4,9-12H2,1-2H3. The predicted octanol–water partition coefficient (Wildman–Crippen LogP) is 3.80. The number of nitrogens with zero attached hydrogens (tertiary/aromatic N) is 1. The topological polar surface area (TPSA) is 3.24 Å². The molecular weight excluding hydrogens is 194 g/mol. The maximum absolute atomic E-state index is 2.51. The third kappa shape index (κ3) is 3.08. The van der Waals surface area contributed by atoms with Crippen LogP contribution in [-0.4, -0.2) is 18.0 Å². The Kier molecular flexibility index (Phi) is 4.00. The van der Waals surface area contributed by atoms with Gasteiger partial charge in [-0.15, -0.1) is 0 Å². The van der Waals surface area contributed by atoms with Gasteiger partial charge in [0.25, 0.3) is 0 Å². The van der Waals surface area contributed by atoms with Crippen LogP contribution >= 0.6 is 0 Å². The highest BCUT2D eigenvalue weighted by Gasteiger charge is 2.22. The SMILES string of the molecule is CCCN(CC)Cc1ccc(C2CC2)cc1. The summed E-state index contributed by atoms with van der Waals surface area (Å²) in [6.45, 7) is 7.96. The lowest BCUT2D eigenvalue weighted by Gasteiger charge is -2.19. The highest BCUT2D eigenvalue weighted by Crippen LogP contribution is 2.39. The molecule has 0 bridgehead atoms. The lowest BCUT2D eigenvalue weighted by molar-refractivity contribution is 0.280. The number of rotatable bonds is 6. The Morgan fingerprint density at radius 2 is 1.81 bits per heavy atom. The van der Waals surface area contributed by atoms with E-state index in [-0.39, 0.29) is 0 Å². The fourth-order valence-electron chi connectivity index (χ4n) is 2.24. The van der Waals surface area contributed by atoms with Crippen LogP contribution in [0.2, 0.25) is 0 Å². The van der Waals surface area contributed by atoms with Crippen LogP contribution < -0.4 is 0 Å². The molecule has 0 spiro atoms. The summed E-state index contributed by atoms with van der Waals surface area (Å²) < 4.78 is 0. The molecule has 1 aromatic carbocycles. The second-order valence-corrected chi connectivity index (χ2v) is 4.88. The summed E-state index contributed by atoms with van der Waals surface area (Å²) in [6, 6.07) is 9.28. The zero-order chi connectivity index (χ0) is 11.4. The van der Waals surface area contributed by atoms with E-state index in [0.29, 0.717) is 0 Å². The quantitative estimate of drug-likeness (QED) is 0.700. The molecule has 1 saturated carbocycles. The molecule has 88 valence electrons. The van der Waals surface area contributed by atoms with E-state index in [1.807, 2.05) is 0 Å². The molecule has 0 heterocycles. The van der Waals surface area contributed by atoms with Crippen LogP contribution in [0.3, 0.4) is 0 Å². The molecule has 1 aromatic rings. The Morgan fingerprint density at radius 3 is 2.31 bits per heavy atom. The summed E-state index contributed by atoms with van der Waals surface area (Å²) in [5, 5.41) is 0. The highest BCUT2D eigenvalue weighted by atomic mass is 15.1. The Bertz CT molecular complexity index is 311. The van der Waals surface area contributed by atoms with Gasteiger partial charge in [-0.3, -0.25) is 4.90 Å². The maximum atomic E-state index is 2.51. The zero-order valence-corrected chi connectivity index (χ0v) is 10.6. The first kappa shape index (κ1) is 11.7. The van der Waals surface area contributed by atoms with Crippen molar-refractivity contribution in [3.05, 3.63) is 35.4 Å². The molecule has 1 aliphatic rings. The second kappa shape index (κ2) is 5.49. The summed E-state index contributed by atoms with van der Waals surface area (Å²) in [6.07, 6.45) is 4.04. The largest absolute Gasteiger partial charge is 0.299 e. The van der Waals surface area contributed by atoms with Gasteiger partial charge in [-0.25, -0.2) is 0 Å². The van der Waals surface area contributed by atoms with Crippen LogP contribution in [0.1, 0.15) is 50.2 Å². The van der Waals surface area contributed by atoms with Gasteiger partial charge < -0.3 is 0 Å². The smallest absolute Gasteiger partial charge is 0.0233 e. The Labute approximate surface area is 99.5 Å². The first-order valence-electron chi connectivity index (χ1n) is 6.64.